The molecule has 3 aromatic carbocycles. The molecule has 0 bridgehead atoms. The molecule has 0 aliphatic rings. The molecular formula is C27H24Cl2N2O4S. The minimum Gasteiger partial charge on any atom is -0.480 e. The summed E-state index contributed by atoms with van der Waals surface area (Å²) in [6.45, 7) is 1.92. The average molecular weight is 543 g/mol. The number of anilines is 1. The van der Waals surface area contributed by atoms with Gasteiger partial charge in [-0.25, -0.2) is 13.2 Å². The van der Waals surface area contributed by atoms with Crippen molar-refractivity contribution in [2.45, 2.75) is 37.1 Å². The van der Waals surface area contributed by atoms with E-state index in [1.165, 1.54) is 18.2 Å². The number of rotatable bonds is 9. The molecule has 4 aromatic rings. The standard InChI is InChI=1S/C27H24Cl2N2O4S/c1-2-3-6-26(27(32)33)31(36(34,35)25-15-22(28)14-23(29)16-25)24-10-9-18-12-19(7-8-20(18)13-24)21-5-4-11-30-17-21/h4-5,7-17,26H,2-3,6H2,1H3,(H,32,33). The van der Waals surface area contributed by atoms with Crippen LogP contribution in [0.15, 0.2) is 84.0 Å². The van der Waals surface area contributed by atoms with Crippen molar-refractivity contribution in [1.82, 2.24) is 4.98 Å². The number of carboxylic acids is 1. The number of fused-ring (bicyclic) bond motifs is 1. The molecule has 6 nitrogen and oxygen atoms in total. The number of carboxylic acid groups (broad SMARTS) is 1. The van der Waals surface area contributed by atoms with Crippen molar-refractivity contribution in [3.63, 3.8) is 0 Å². The molecule has 1 N–H and O–H groups in total. The first-order valence-corrected chi connectivity index (χ1v) is 13.6. The van der Waals surface area contributed by atoms with Crippen LogP contribution in [0.3, 0.4) is 0 Å². The van der Waals surface area contributed by atoms with Crippen LogP contribution in [0.5, 0.6) is 0 Å². The Bertz CT molecular complexity index is 1490. The maximum Gasteiger partial charge on any atom is 0.327 e. The molecule has 36 heavy (non-hydrogen) atoms. The summed E-state index contributed by atoms with van der Waals surface area (Å²) in [5, 5.41) is 12.0. The van der Waals surface area contributed by atoms with Gasteiger partial charge in [-0.3, -0.25) is 9.29 Å². The van der Waals surface area contributed by atoms with Gasteiger partial charge in [0, 0.05) is 28.0 Å². The molecule has 186 valence electrons. The van der Waals surface area contributed by atoms with Crippen molar-refractivity contribution in [2.24, 2.45) is 0 Å². The van der Waals surface area contributed by atoms with E-state index in [1.54, 1.807) is 30.6 Å². The van der Waals surface area contributed by atoms with E-state index in [9.17, 15) is 18.3 Å². The molecule has 0 saturated heterocycles. The Hall–Kier alpha value is -3.13. The normalized spacial score (nSPS) is 12.4. The molecule has 0 amide bonds. The van der Waals surface area contributed by atoms with Gasteiger partial charge < -0.3 is 5.11 Å². The average Bonchev–Trinajstić information content (AvgIpc) is 2.85. The van der Waals surface area contributed by atoms with Crippen molar-refractivity contribution >= 4 is 55.7 Å². The van der Waals surface area contributed by atoms with Gasteiger partial charge in [0.25, 0.3) is 10.0 Å². The summed E-state index contributed by atoms with van der Waals surface area (Å²) < 4.78 is 28.7. The van der Waals surface area contributed by atoms with Crippen LogP contribution in [0, 0.1) is 0 Å². The number of hydrogen-bond donors (Lipinski definition) is 1. The molecule has 0 radical (unpaired) electrons. The zero-order chi connectivity index (χ0) is 25.9. The highest BCUT2D eigenvalue weighted by Gasteiger charge is 2.36. The third-order valence-corrected chi connectivity index (χ3v) is 8.12. The number of aliphatic carboxylic acids is 1. The van der Waals surface area contributed by atoms with Crippen LogP contribution < -0.4 is 4.31 Å². The molecule has 0 spiro atoms. The number of pyridine rings is 1. The van der Waals surface area contributed by atoms with E-state index in [1.807, 2.05) is 37.3 Å². The maximum atomic E-state index is 13.9. The minimum atomic E-state index is -4.32. The van der Waals surface area contributed by atoms with Gasteiger partial charge in [-0.2, -0.15) is 0 Å². The Kier molecular flexibility index (Phi) is 7.83. The summed E-state index contributed by atoms with van der Waals surface area (Å²) in [6.07, 6.45) is 4.88. The van der Waals surface area contributed by atoms with Gasteiger partial charge in [-0.05, 0) is 65.2 Å². The van der Waals surface area contributed by atoms with E-state index in [-0.39, 0.29) is 27.0 Å². The van der Waals surface area contributed by atoms with E-state index in [0.717, 1.165) is 32.6 Å². The summed E-state index contributed by atoms with van der Waals surface area (Å²) in [4.78, 5) is 16.3. The number of aromatic nitrogens is 1. The zero-order valence-electron chi connectivity index (χ0n) is 19.4. The second kappa shape index (κ2) is 10.9. The molecule has 0 fully saturated rings. The minimum absolute atomic E-state index is 0.142. The van der Waals surface area contributed by atoms with Crippen molar-refractivity contribution in [1.29, 1.82) is 0 Å². The third kappa shape index (κ3) is 5.48. The largest absolute Gasteiger partial charge is 0.480 e. The first-order chi connectivity index (χ1) is 17.2. The Morgan fingerprint density at radius 2 is 1.67 bits per heavy atom. The molecule has 9 heteroatoms. The van der Waals surface area contributed by atoms with Crippen LogP contribution in [0.2, 0.25) is 10.0 Å². The number of nitrogens with zero attached hydrogens (tertiary/aromatic N) is 2. The Labute approximate surface area is 220 Å². The van der Waals surface area contributed by atoms with Crippen LogP contribution in [0.4, 0.5) is 5.69 Å². The second-order valence-electron chi connectivity index (χ2n) is 8.39. The lowest BCUT2D eigenvalue weighted by Crippen LogP contribution is -2.45. The second-order valence-corrected chi connectivity index (χ2v) is 11.1. The molecule has 1 heterocycles. The highest BCUT2D eigenvalue weighted by Crippen LogP contribution is 2.34. The van der Waals surface area contributed by atoms with Gasteiger partial charge in [0.05, 0.1) is 10.6 Å². The molecule has 4 rings (SSSR count). The van der Waals surface area contributed by atoms with Gasteiger partial charge in [-0.1, -0.05) is 67.2 Å². The number of hydrogen-bond acceptors (Lipinski definition) is 4. The number of carbonyl (C=O) groups is 1. The lowest BCUT2D eigenvalue weighted by atomic mass is 10.0. The van der Waals surface area contributed by atoms with E-state index in [2.05, 4.69) is 4.98 Å². The molecular weight excluding hydrogens is 519 g/mol. The Morgan fingerprint density at radius 3 is 2.31 bits per heavy atom. The van der Waals surface area contributed by atoms with Crippen molar-refractivity contribution < 1.29 is 18.3 Å². The molecule has 0 aliphatic carbocycles. The van der Waals surface area contributed by atoms with Crippen LogP contribution >= 0.6 is 23.2 Å². The van der Waals surface area contributed by atoms with E-state index in [0.29, 0.717) is 6.42 Å². The number of benzene rings is 3. The Morgan fingerprint density at radius 1 is 0.972 bits per heavy atom. The summed E-state index contributed by atoms with van der Waals surface area (Å²) in [7, 11) is -4.32. The molecule has 0 saturated carbocycles. The van der Waals surface area contributed by atoms with Crippen LogP contribution in [0.25, 0.3) is 21.9 Å². The lowest BCUT2D eigenvalue weighted by Gasteiger charge is -2.30. The van der Waals surface area contributed by atoms with Gasteiger partial charge in [-0.15, -0.1) is 0 Å². The number of halogens is 2. The zero-order valence-corrected chi connectivity index (χ0v) is 21.8. The van der Waals surface area contributed by atoms with Crippen molar-refractivity contribution in [3.8, 4) is 11.1 Å². The first-order valence-electron chi connectivity index (χ1n) is 11.4. The van der Waals surface area contributed by atoms with E-state index >= 15 is 0 Å². The van der Waals surface area contributed by atoms with E-state index < -0.39 is 22.0 Å². The maximum absolute atomic E-state index is 13.9. The van der Waals surface area contributed by atoms with Gasteiger partial charge in [0.15, 0.2) is 0 Å². The first kappa shape index (κ1) is 25.9. The van der Waals surface area contributed by atoms with Crippen LogP contribution in [-0.2, 0) is 14.8 Å². The van der Waals surface area contributed by atoms with Gasteiger partial charge in [0.2, 0.25) is 0 Å². The van der Waals surface area contributed by atoms with E-state index in [4.69, 9.17) is 23.2 Å². The summed E-state index contributed by atoms with van der Waals surface area (Å²) in [6, 6.07) is 17.4. The fraction of sp³-hybridized carbons (Fsp3) is 0.185. The van der Waals surface area contributed by atoms with Gasteiger partial charge in [0.1, 0.15) is 6.04 Å². The van der Waals surface area contributed by atoms with Crippen LogP contribution in [-0.4, -0.2) is 30.5 Å². The molecule has 0 aliphatic heterocycles. The molecule has 1 unspecified atom stereocenters. The fourth-order valence-electron chi connectivity index (χ4n) is 4.10. The van der Waals surface area contributed by atoms with Gasteiger partial charge >= 0.3 is 5.97 Å². The quantitative estimate of drug-likeness (QED) is 0.245. The Balaban J connectivity index is 1.86. The SMILES string of the molecule is CCCCC(C(=O)O)N(c1ccc2cc(-c3cccnc3)ccc2c1)S(=O)(=O)c1cc(Cl)cc(Cl)c1. The number of sulfonamides is 1. The lowest BCUT2D eigenvalue weighted by molar-refractivity contribution is -0.138. The predicted molar refractivity (Wildman–Crippen MR) is 144 cm³/mol. The third-order valence-electron chi connectivity index (χ3n) is 5.87. The highest BCUT2D eigenvalue weighted by molar-refractivity contribution is 7.93. The van der Waals surface area contributed by atoms with Crippen molar-refractivity contribution in [2.75, 3.05) is 4.31 Å². The number of unbranched alkanes of at least 4 members (excludes halogenated alkanes) is 1. The molecule has 1 atom stereocenters. The van der Waals surface area contributed by atoms with Crippen LogP contribution in [0.1, 0.15) is 26.2 Å². The van der Waals surface area contributed by atoms with Crippen molar-refractivity contribution in [3.05, 3.63) is 89.2 Å². The smallest absolute Gasteiger partial charge is 0.327 e. The molecule has 1 aromatic heterocycles. The fourth-order valence-corrected chi connectivity index (χ4v) is 6.46. The predicted octanol–water partition coefficient (Wildman–Crippen LogP) is 7.05. The summed E-state index contributed by atoms with van der Waals surface area (Å²) in [5.74, 6) is -1.23. The monoisotopic (exact) mass is 542 g/mol. The summed E-state index contributed by atoms with van der Waals surface area (Å²) in [5.41, 5.74) is 2.17. The highest BCUT2D eigenvalue weighted by atomic mass is 35.5. The summed E-state index contributed by atoms with van der Waals surface area (Å²) >= 11 is 12.2. The topological polar surface area (TPSA) is 87.6 Å².